The number of aliphatic imine (C=N–C) groups is 1. The number of amides is 2. The largest absolute Gasteiger partial charge is 0.379 e. The average molecular weight is 458 g/mol. The van der Waals surface area contributed by atoms with Crippen LogP contribution in [0.15, 0.2) is 47.5 Å². The van der Waals surface area contributed by atoms with E-state index in [0.29, 0.717) is 28.8 Å². The molecule has 0 bridgehead atoms. The monoisotopic (exact) mass is 457 g/mol. The average Bonchev–Trinajstić information content (AvgIpc) is 2.76. The Morgan fingerprint density at radius 3 is 2.66 bits per heavy atom. The molecule has 8 nitrogen and oxygen atoms in total. The fourth-order valence-electron chi connectivity index (χ4n) is 3.22. The smallest absolute Gasteiger partial charge is 0.258 e. The topological polar surface area (TPSA) is 95.1 Å². The summed E-state index contributed by atoms with van der Waals surface area (Å²) in [7, 11) is 0. The van der Waals surface area contributed by atoms with Gasteiger partial charge in [-0.1, -0.05) is 23.7 Å². The SMILES string of the molecule is CC(=O)Nc1cccc(C(=O)NC(=NCCN2CCOCC2)Nc2cc(Cl)ccc2C)c1. The summed E-state index contributed by atoms with van der Waals surface area (Å²) < 4.78 is 5.38. The molecule has 3 rings (SSSR count). The van der Waals surface area contributed by atoms with E-state index >= 15 is 0 Å². The van der Waals surface area contributed by atoms with Crippen molar-refractivity contribution >= 4 is 40.7 Å². The van der Waals surface area contributed by atoms with Crippen molar-refractivity contribution in [3.63, 3.8) is 0 Å². The number of ether oxygens (including phenoxy) is 1. The van der Waals surface area contributed by atoms with Crippen LogP contribution < -0.4 is 16.0 Å². The van der Waals surface area contributed by atoms with Gasteiger partial charge in [0.2, 0.25) is 11.9 Å². The van der Waals surface area contributed by atoms with Crippen molar-refractivity contribution < 1.29 is 14.3 Å². The van der Waals surface area contributed by atoms with E-state index in [4.69, 9.17) is 16.3 Å². The molecule has 0 radical (unpaired) electrons. The van der Waals surface area contributed by atoms with Crippen molar-refractivity contribution in [2.45, 2.75) is 13.8 Å². The summed E-state index contributed by atoms with van der Waals surface area (Å²) in [6.07, 6.45) is 0. The van der Waals surface area contributed by atoms with Gasteiger partial charge in [-0.15, -0.1) is 0 Å². The Labute approximate surface area is 193 Å². The molecule has 0 aliphatic carbocycles. The van der Waals surface area contributed by atoms with E-state index in [1.807, 2.05) is 19.1 Å². The van der Waals surface area contributed by atoms with Gasteiger partial charge in [-0.3, -0.25) is 24.8 Å². The lowest BCUT2D eigenvalue weighted by molar-refractivity contribution is -0.114. The Morgan fingerprint density at radius 2 is 1.91 bits per heavy atom. The van der Waals surface area contributed by atoms with E-state index in [1.165, 1.54) is 6.92 Å². The Balaban J connectivity index is 1.74. The molecule has 2 amide bonds. The zero-order valence-electron chi connectivity index (χ0n) is 18.3. The summed E-state index contributed by atoms with van der Waals surface area (Å²) in [4.78, 5) is 31.1. The first-order chi connectivity index (χ1) is 15.4. The second kappa shape index (κ2) is 11.6. The fraction of sp³-hybridized carbons (Fsp3) is 0.348. The zero-order chi connectivity index (χ0) is 22.9. The van der Waals surface area contributed by atoms with Gasteiger partial charge in [-0.25, -0.2) is 0 Å². The fourth-order valence-corrected chi connectivity index (χ4v) is 3.39. The summed E-state index contributed by atoms with van der Waals surface area (Å²) in [6.45, 7) is 7.81. The second-order valence-electron chi connectivity index (χ2n) is 7.48. The van der Waals surface area contributed by atoms with Crippen molar-refractivity contribution in [3.05, 3.63) is 58.6 Å². The number of benzene rings is 2. The van der Waals surface area contributed by atoms with Crippen LogP contribution in [0.3, 0.4) is 0 Å². The van der Waals surface area contributed by atoms with Crippen LogP contribution >= 0.6 is 11.6 Å². The van der Waals surface area contributed by atoms with Gasteiger partial charge in [-0.2, -0.15) is 0 Å². The molecule has 2 aromatic rings. The maximum absolute atomic E-state index is 12.9. The van der Waals surface area contributed by atoms with Crippen LogP contribution in [0, 0.1) is 6.92 Å². The number of nitrogens with one attached hydrogen (secondary N) is 3. The highest BCUT2D eigenvalue weighted by Crippen LogP contribution is 2.20. The quantitative estimate of drug-likeness (QED) is 0.457. The lowest BCUT2D eigenvalue weighted by Crippen LogP contribution is -2.39. The van der Waals surface area contributed by atoms with Gasteiger partial charge < -0.3 is 15.4 Å². The third kappa shape index (κ3) is 7.33. The summed E-state index contributed by atoms with van der Waals surface area (Å²) in [5.74, 6) is -0.209. The van der Waals surface area contributed by atoms with Crippen LogP contribution in [0.4, 0.5) is 11.4 Å². The number of aryl methyl sites for hydroxylation is 1. The van der Waals surface area contributed by atoms with Crippen LogP contribution in [-0.2, 0) is 9.53 Å². The highest BCUT2D eigenvalue weighted by atomic mass is 35.5. The third-order valence-corrected chi connectivity index (χ3v) is 5.15. The number of carbonyl (C=O) groups excluding carboxylic acids is 2. The second-order valence-corrected chi connectivity index (χ2v) is 7.92. The van der Waals surface area contributed by atoms with Crippen molar-refractivity contribution in [2.24, 2.45) is 4.99 Å². The van der Waals surface area contributed by atoms with Crippen LogP contribution in [-0.4, -0.2) is 62.1 Å². The normalized spacial score (nSPS) is 14.7. The molecular formula is C23H28ClN5O3. The van der Waals surface area contributed by atoms with Gasteiger partial charge in [0, 0.05) is 48.5 Å². The van der Waals surface area contributed by atoms with E-state index in [9.17, 15) is 9.59 Å². The maximum Gasteiger partial charge on any atom is 0.258 e. The van der Waals surface area contributed by atoms with Crippen molar-refractivity contribution in [3.8, 4) is 0 Å². The predicted molar refractivity (Wildman–Crippen MR) is 128 cm³/mol. The number of anilines is 2. The number of nitrogens with zero attached hydrogens (tertiary/aromatic N) is 2. The summed E-state index contributed by atoms with van der Waals surface area (Å²) in [6, 6.07) is 12.2. The molecule has 3 N–H and O–H groups in total. The third-order valence-electron chi connectivity index (χ3n) is 4.92. The molecule has 1 fully saturated rings. The first kappa shape index (κ1) is 23.7. The van der Waals surface area contributed by atoms with Crippen LogP contribution in [0.25, 0.3) is 0 Å². The van der Waals surface area contributed by atoms with Crippen LogP contribution in [0.5, 0.6) is 0 Å². The lowest BCUT2D eigenvalue weighted by Gasteiger charge is -2.25. The van der Waals surface area contributed by atoms with Gasteiger partial charge in [0.15, 0.2) is 0 Å². The molecule has 0 saturated carbocycles. The molecule has 170 valence electrons. The van der Waals surface area contributed by atoms with Gasteiger partial charge in [0.25, 0.3) is 5.91 Å². The molecule has 2 aromatic carbocycles. The lowest BCUT2D eigenvalue weighted by atomic mass is 10.2. The number of hydrogen-bond acceptors (Lipinski definition) is 5. The minimum atomic E-state index is -0.338. The minimum Gasteiger partial charge on any atom is -0.379 e. The van der Waals surface area contributed by atoms with Crippen LogP contribution in [0.2, 0.25) is 5.02 Å². The number of halogens is 1. The first-order valence-electron chi connectivity index (χ1n) is 10.5. The Morgan fingerprint density at radius 1 is 1.12 bits per heavy atom. The molecule has 9 heteroatoms. The molecular weight excluding hydrogens is 430 g/mol. The number of guanidine groups is 1. The summed E-state index contributed by atoms with van der Waals surface area (Å²) in [5.41, 5.74) is 2.68. The molecule has 1 heterocycles. The van der Waals surface area contributed by atoms with E-state index in [1.54, 1.807) is 30.3 Å². The number of morpholine rings is 1. The molecule has 1 aliphatic rings. The molecule has 0 unspecified atom stereocenters. The Hall–Kier alpha value is -2.94. The van der Waals surface area contributed by atoms with Crippen molar-refractivity contribution in [2.75, 3.05) is 50.0 Å². The molecule has 0 aromatic heterocycles. The summed E-state index contributed by atoms with van der Waals surface area (Å²) in [5, 5.41) is 9.31. The van der Waals surface area contributed by atoms with Gasteiger partial charge >= 0.3 is 0 Å². The van der Waals surface area contributed by atoms with Gasteiger partial charge in [0.1, 0.15) is 0 Å². The summed E-state index contributed by atoms with van der Waals surface area (Å²) >= 11 is 6.15. The molecule has 1 aliphatic heterocycles. The highest BCUT2D eigenvalue weighted by Gasteiger charge is 2.13. The van der Waals surface area contributed by atoms with Gasteiger partial charge in [0.05, 0.1) is 19.8 Å². The molecule has 32 heavy (non-hydrogen) atoms. The molecule has 0 atom stereocenters. The van der Waals surface area contributed by atoms with Crippen molar-refractivity contribution in [1.82, 2.24) is 10.2 Å². The van der Waals surface area contributed by atoms with E-state index in [0.717, 1.165) is 44.1 Å². The van der Waals surface area contributed by atoms with E-state index in [2.05, 4.69) is 25.8 Å². The minimum absolute atomic E-state index is 0.203. The Kier molecular flexibility index (Phi) is 8.61. The number of rotatable bonds is 6. The van der Waals surface area contributed by atoms with Crippen molar-refractivity contribution in [1.29, 1.82) is 0 Å². The van der Waals surface area contributed by atoms with E-state index in [-0.39, 0.29) is 11.8 Å². The Bertz CT molecular complexity index is 989. The predicted octanol–water partition coefficient (Wildman–Crippen LogP) is 3.14. The molecule has 1 saturated heterocycles. The highest BCUT2D eigenvalue weighted by molar-refractivity contribution is 6.31. The van der Waals surface area contributed by atoms with Crippen LogP contribution in [0.1, 0.15) is 22.8 Å². The number of carbonyl (C=O) groups is 2. The number of hydrogen-bond donors (Lipinski definition) is 3. The molecule has 0 spiro atoms. The maximum atomic E-state index is 12.9. The van der Waals surface area contributed by atoms with E-state index < -0.39 is 0 Å². The zero-order valence-corrected chi connectivity index (χ0v) is 19.0. The van der Waals surface area contributed by atoms with Gasteiger partial charge in [-0.05, 0) is 42.8 Å². The first-order valence-corrected chi connectivity index (χ1v) is 10.9. The standard InChI is InChI=1S/C23H28ClN5O3/c1-16-6-7-19(24)15-21(16)27-23(25-8-9-29-10-12-32-13-11-29)28-22(31)18-4-3-5-20(14-18)26-17(2)30/h3-7,14-15H,8-13H2,1-2H3,(H,26,30)(H2,25,27,28,31).